The predicted molar refractivity (Wildman–Crippen MR) is 205 cm³/mol. The van der Waals surface area contributed by atoms with Crippen molar-refractivity contribution in [2.24, 2.45) is 35.3 Å². The summed E-state index contributed by atoms with van der Waals surface area (Å²) in [4.78, 5) is 60.8. The third-order valence-corrected chi connectivity index (χ3v) is 11.4. The molecule has 0 aromatic heterocycles. The van der Waals surface area contributed by atoms with Crippen molar-refractivity contribution in [1.29, 1.82) is 0 Å². The summed E-state index contributed by atoms with van der Waals surface area (Å²) >= 11 is 0. The van der Waals surface area contributed by atoms with Gasteiger partial charge in [-0.25, -0.2) is 0 Å². The highest BCUT2D eigenvalue weighted by Gasteiger charge is 2.43. The highest BCUT2D eigenvalue weighted by atomic mass is 16.5. The molecule has 296 valence electrons. The minimum atomic E-state index is -0.767. The molecule has 11 nitrogen and oxygen atoms in total. The first-order chi connectivity index (χ1) is 24.4. The van der Waals surface area contributed by atoms with Crippen LogP contribution in [0.15, 0.2) is 30.3 Å². The first-order valence-electron chi connectivity index (χ1n) is 19.2. The van der Waals surface area contributed by atoms with Gasteiger partial charge in [-0.05, 0) is 57.2 Å². The molecule has 0 saturated carbocycles. The zero-order valence-corrected chi connectivity index (χ0v) is 34.1. The van der Waals surface area contributed by atoms with Gasteiger partial charge in [0.1, 0.15) is 5.78 Å². The summed E-state index contributed by atoms with van der Waals surface area (Å²) in [5.74, 6) is -1.86. The number of carbonyl (C=O) groups is 4. The third kappa shape index (κ3) is 11.6. The van der Waals surface area contributed by atoms with E-state index in [1.165, 1.54) is 0 Å². The Labute approximate surface area is 313 Å². The van der Waals surface area contributed by atoms with Crippen molar-refractivity contribution in [2.45, 2.75) is 129 Å². The Bertz CT molecular complexity index is 1270. The summed E-state index contributed by atoms with van der Waals surface area (Å²) < 4.78 is 12.0. The number of benzene rings is 1. The lowest BCUT2D eigenvalue weighted by Gasteiger charge is -2.41. The van der Waals surface area contributed by atoms with Gasteiger partial charge < -0.3 is 30.1 Å². The number of aliphatic hydroxyl groups is 1. The predicted octanol–water partition coefficient (Wildman–Crippen LogP) is 4.74. The number of hydrogen-bond acceptors (Lipinski definition) is 9. The van der Waals surface area contributed by atoms with Gasteiger partial charge in [-0.15, -0.1) is 0 Å². The zero-order chi connectivity index (χ0) is 39.4. The van der Waals surface area contributed by atoms with Gasteiger partial charge >= 0.3 is 0 Å². The van der Waals surface area contributed by atoms with Crippen LogP contribution in [0.4, 0.5) is 0 Å². The number of likely N-dealkylation sites (tertiary alicyclic amines) is 1. The average molecular weight is 731 g/mol. The molecule has 0 spiro atoms. The fraction of sp³-hybridized carbons (Fsp3) is 0.756. The van der Waals surface area contributed by atoms with E-state index in [1.807, 2.05) is 95.8 Å². The van der Waals surface area contributed by atoms with Gasteiger partial charge in [0.05, 0.1) is 48.8 Å². The lowest BCUT2D eigenvalue weighted by Crippen LogP contribution is -2.55. The van der Waals surface area contributed by atoms with Crippen molar-refractivity contribution in [3.63, 3.8) is 0 Å². The van der Waals surface area contributed by atoms with E-state index in [-0.39, 0.29) is 72.5 Å². The molecular formula is C41H70N4O7. The van der Waals surface area contributed by atoms with Gasteiger partial charge in [-0.3, -0.25) is 24.1 Å². The fourth-order valence-electron chi connectivity index (χ4n) is 8.29. The molecule has 1 aromatic rings. The van der Waals surface area contributed by atoms with Gasteiger partial charge in [-0.1, -0.05) is 78.3 Å². The van der Waals surface area contributed by atoms with Crippen LogP contribution in [-0.2, 0) is 28.7 Å². The summed E-state index contributed by atoms with van der Waals surface area (Å²) in [6, 6.07) is 7.69. The Morgan fingerprint density at radius 1 is 0.904 bits per heavy atom. The van der Waals surface area contributed by atoms with E-state index < -0.39 is 42.2 Å². The molecule has 1 heterocycles. The Kier molecular flexibility index (Phi) is 18.6. The highest BCUT2D eigenvalue weighted by Crippen LogP contribution is 2.32. The Morgan fingerprint density at radius 2 is 1.52 bits per heavy atom. The fourth-order valence-corrected chi connectivity index (χ4v) is 8.29. The average Bonchev–Trinajstić information content (AvgIpc) is 3.59. The summed E-state index contributed by atoms with van der Waals surface area (Å²) in [5, 5.41) is 10.9. The minimum absolute atomic E-state index is 0.0201. The number of carbonyl (C=O) groups excluding carboxylic acids is 4. The minimum Gasteiger partial charge on any atom is -0.388 e. The van der Waals surface area contributed by atoms with Crippen LogP contribution in [0.25, 0.3) is 0 Å². The van der Waals surface area contributed by atoms with Crippen LogP contribution < -0.4 is 5.73 Å². The van der Waals surface area contributed by atoms with Gasteiger partial charge in [0.2, 0.25) is 11.8 Å². The molecule has 11 heteroatoms. The summed E-state index contributed by atoms with van der Waals surface area (Å²) in [5.41, 5.74) is 7.14. The molecule has 1 aromatic carbocycles. The first kappa shape index (κ1) is 45.5. The van der Waals surface area contributed by atoms with Gasteiger partial charge in [0.25, 0.3) is 0 Å². The maximum atomic E-state index is 14.2. The molecule has 1 saturated heterocycles. The SMILES string of the molecule is CC[C@H](C)[C@@H]([C@@H](CC(=O)N1CCC[C@H]1[C@H](OC)[C@@H](C)C(=O)C[C@H](C)[C@@H](O)c1ccccc1)OC)N(C)C(=O)[C@H](CC(=O)[C@H](C(C)C)N(C)C)[C@H](C)N. The normalized spacial score (nSPS) is 20.8. The molecule has 2 rings (SSSR count). The molecule has 1 aliphatic heterocycles. The van der Waals surface area contributed by atoms with E-state index >= 15 is 0 Å². The standard InChI is InChI=1S/C41H70N4O7/c1-13-26(4)38(44(10)41(50)31(29(7)42)23-34(47)37(25(2)3)43(8)9)35(51-11)24-36(48)45-21-17-20-32(45)40(52-12)28(6)33(46)22-27(5)39(49)30-18-15-14-16-19-30/h14-16,18-19,25-29,31-32,35,37-40,49H,13,17,20-24,42H2,1-12H3/t26-,27-,28-,29-,31+,32-,35+,37-,38-,39+,40+/m0/s1. The number of Topliss-reactive ketones (excluding diaryl/α,β-unsaturated/α-hetero) is 2. The van der Waals surface area contributed by atoms with E-state index in [4.69, 9.17) is 15.2 Å². The molecule has 0 bridgehead atoms. The number of nitrogens with two attached hydrogens (primary N) is 1. The van der Waals surface area contributed by atoms with Gasteiger partial charge in [0, 0.05) is 52.6 Å². The molecule has 1 fully saturated rings. The van der Waals surface area contributed by atoms with Crippen molar-refractivity contribution in [1.82, 2.24) is 14.7 Å². The van der Waals surface area contributed by atoms with Crippen molar-refractivity contribution in [2.75, 3.05) is 41.9 Å². The molecule has 3 N–H and O–H groups in total. The van der Waals surface area contributed by atoms with Crippen molar-refractivity contribution >= 4 is 23.4 Å². The van der Waals surface area contributed by atoms with E-state index in [0.717, 1.165) is 18.4 Å². The second-order valence-corrected chi connectivity index (χ2v) is 15.9. The smallest absolute Gasteiger partial charge is 0.227 e. The van der Waals surface area contributed by atoms with E-state index in [1.54, 1.807) is 33.1 Å². The third-order valence-electron chi connectivity index (χ3n) is 11.4. The molecule has 1 aliphatic rings. The Hall–Kier alpha value is -2.70. The molecule has 52 heavy (non-hydrogen) atoms. The van der Waals surface area contributed by atoms with Crippen LogP contribution in [0, 0.1) is 29.6 Å². The van der Waals surface area contributed by atoms with E-state index in [0.29, 0.717) is 13.0 Å². The van der Waals surface area contributed by atoms with Crippen LogP contribution in [-0.4, -0.2) is 121 Å². The van der Waals surface area contributed by atoms with Crippen molar-refractivity contribution in [3.05, 3.63) is 35.9 Å². The number of methoxy groups -OCH3 is 2. The lowest BCUT2D eigenvalue weighted by molar-refractivity contribution is -0.148. The first-order valence-corrected chi connectivity index (χ1v) is 19.2. The van der Waals surface area contributed by atoms with Crippen molar-refractivity contribution < 1.29 is 33.8 Å². The molecule has 0 aliphatic carbocycles. The summed E-state index contributed by atoms with van der Waals surface area (Å²) in [6.07, 6.45) is 0.561. The van der Waals surface area contributed by atoms with Crippen LogP contribution >= 0.6 is 0 Å². The second-order valence-electron chi connectivity index (χ2n) is 15.9. The lowest BCUT2D eigenvalue weighted by atomic mass is 9.85. The number of ether oxygens (including phenoxy) is 2. The van der Waals surface area contributed by atoms with Crippen molar-refractivity contribution in [3.8, 4) is 0 Å². The van der Waals surface area contributed by atoms with Crippen LogP contribution in [0.3, 0.4) is 0 Å². The van der Waals surface area contributed by atoms with E-state index in [9.17, 15) is 24.3 Å². The van der Waals surface area contributed by atoms with E-state index in [2.05, 4.69) is 0 Å². The number of rotatable bonds is 22. The molecule has 0 radical (unpaired) electrons. The zero-order valence-electron chi connectivity index (χ0n) is 34.1. The maximum absolute atomic E-state index is 14.2. The number of likely N-dealkylation sites (N-methyl/N-ethyl adjacent to an activating group) is 2. The Morgan fingerprint density at radius 3 is 2.02 bits per heavy atom. The number of nitrogens with zero attached hydrogens (tertiary/aromatic N) is 3. The molecular weight excluding hydrogens is 660 g/mol. The van der Waals surface area contributed by atoms with Gasteiger partial charge in [0.15, 0.2) is 5.78 Å². The van der Waals surface area contributed by atoms with Crippen LogP contribution in [0.1, 0.15) is 98.7 Å². The quantitative estimate of drug-likeness (QED) is 0.173. The Balaban J connectivity index is 2.25. The topological polar surface area (TPSA) is 143 Å². The number of ketones is 2. The monoisotopic (exact) mass is 731 g/mol. The second kappa shape index (κ2) is 21.3. The number of hydrogen-bond donors (Lipinski definition) is 2. The number of aliphatic hydroxyl groups excluding tert-OH is 1. The molecule has 0 unspecified atom stereocenters. The highest BCUT2D eigenvalue weighted by molar-refractivity contribution is 5.90. The number of amides is 2. The van der Waals surface area contributed by atoms with Gasteiger partial charge in [-0.2, -0.15) is 0 Å². The van der Waals surface area contributed by atoms with Crippen LogP contribution in [0.5, 0.6) is 0 Å². The maximum Gasteiger partial charge on any atom is 0.227 e. The van der Waals surface area contributed by atoms with Crippen LogP contribution in [0.2, 0.25) is 0 Å². The molecule has 11 atom stereocenters. The summed E-state index contributed by atoms with van der Waals surface area (Å²) in [7, 11) is 8.61. The summed E-state index contributed by atoms with van der Waals surface area (Å²) in [6.45, 7) is 14.1. The molecule has 2 amide bonds. The largest absolute Gasteiger partial charge is 0.388 e.